The van der Waals surface area contributed by atoms with Crippen LogP contribution in [0.25, 0.3) is 0 Å². The van der Waals surface area contributed by atoms with Crippen LogP contribution in [-0.4, -0.2) is 17.6 Å². The zero-order valence-electron chi connectivity index (χ0n) is 13.7. The van der Waals surface area contributed by atoms with Crippen LogP contribution < -0.4 is 9.47 Å². The number of ether oxygens (including phenoxy) is 2. The van der Waals surface area contributed by atoms with Gasteiger partial charge in [-0.3, -0.25) is 0 Å². The first-order valence-electron chi connectivity index (χ1n) is 7.98. The number of rotatable bonds is 8. The number of unbranched alkanes of at least 4 members (excludes halogenated alkanes) is 3. The summed E-state index contributed by atoms with van der Waals surface area (Å²) in [4.78, 5) is 14.6. The predicted molar refractivity (Wildman–Crippen MR) is 85.1 cm³/mol. The highest BCUT2D eigenvalue weighted by molar-refractivity contribution is 5.91. The second kappa shape index (κ2) is 9.05. The number of pyridine rings is 1. The summed E-state index contributed by atoms with van der Waals surface area (Å²) < 4.78 is 49.4. The van der Waals surface area contributed by atoms with Crippen molar-refractivity contribution < 1.29 is 27.4 Å². The summed E-state index contributed by atoms with van der Waals surface area (Å²) in [5, 5.41) is 0. The second-order valence-electron chi connectivity index (χ2n) is 5.37. The number of benzene rings is 1. The first-order chi connectivity index (χ1) is 12.0. The minimum Gasteiger partial charge on any atom is -0.494 e. The SMILES string of the molecule is CCCCCCOc1ccc(C(=O)Oc2cc(F)c(F)nc2F)cc1. The molecular formula is C18H18F3NO3. The Balaban J connectivity index is 1.93. The van der Waals surface area contributed by atoms with Crippen molar-refractivity contribution in [3.05, 3.63) is 53.6 Å². The van der Waals surface area contributed by atoms with E-state index in [1.165, 1.54) is 12.1 Å². The van der Waals surface area contributed by atoms with Gasteiger partial charge in [0.1, 0.15) is 5.75 Å². The molecule has 0 saturated heterocycles. The van der Waals surface area contributed by atoms with E-state index in [4.69, 9.17) is 9.47 Å². The molecule has 1 aromatic heterocycles. The molecule has 0 aliphatic rings. The fraction of sp³-hybridized carbons (Fsp3) is 0.333. The molecule has 0 bridgehead atoms. The zero-order chi connectivity index (χ0) is 18.2. The van der Waals surface area contributed by atoms with Crippen LogP contribution in [0.4, 0.5) is 13.2 Å². The average molecular weight is 353 g/mol. The third-order valence-electron chi connectivity index (χ3n) is 3.41. The normalized spacial score (nSPS) is 10.6. The topological polar surface area (TPSA) is 48.4 Å². The molecule has 2 rings (SSSR count). The molecule has 0 atom stereocenters. The number of halogens is 3. The Morgan fingerprint density at radius 3 is 2.44 bits per heavy atom. The van der Waals surface area contributed by atoms with Crippen LogP contribution in [-0.2, 0) is 0 Å². The maximum atomic E-state index is 13.4. The lowest BCUT2D eigenvalue weighted by Crippen LogP contribution is -2.11. The van der Waals surface area contributed by atoms with E-state index in [1.54, 1.807) is 12.1 Å². The largest absolute Gasteiger partial charge is 0.494 e. The van der Waals surface area contributed by atoms with Crippen molar-refractivity contribution in [2.45, 2.75) is 32.6 Å². The number of carbonyl (C=O) groups is 1. The molecule has 0 aliphatic heterocycles. The lowest BCUT2D eigenvalue weighted by atomic mass is 10.2. The van der Waals surface area contributed by atoms with Gasteiger partial charge in [0.2, 0.25) is 0 Å². The molecule has 0 fully saturated rings. The minimum atomic E-state index is -1.60. The molecule has 2 aromatic rings. The van der Waals surface area contributed by atoms with Crippen molar-refractivity contribution in [2.24, 2.45) is 0 Å². The van der Waals surface area contributed by atoms with Crippen molar-refractivity contribution >= 4 is 5.97 Å². The smallest absolute Gasteiger partial charge is 0.343 e. The lowest BCUT2D eigenvalue weighted by Gasteiger charge is -2.08. The van der Waals surface area contributed by atoms with Gasteiger partial charge in [0, 0.05) is 6.07 Å². The summed E-state index contributed by atoms with van der Waals surface area (Å²) in [6.07, 6.45) is 4.34. The number of nitrogens with zero attached hydrogens (tertiary/aromatic N) is 1. The molecule has 25 heavy (non-hydrogen) atoms. The second-order valence-corrected chi connectivity index (χ2v) is 5.37. The van der Waals surface area contributed by atoms with Crippen LogP contribution in [0.2, 0.25) is 0 Å². The van der Waals surface area contributed by atoms with Crippen LogP contribution in [0, 0.1) is 17.7 Å². The van der Waals surface area contributed by atoms with E-state index in [0.29, 0.717) is 18.4 Å². The molecule has 4 nitrogen and oxygen atoms in total. The summed E-state index contributed by atoms with van der Waals surface area (Å²) in [5.74, 6) is -5.51. The molecule has 134 valence electrons. The Morgan fingerprint density at radius 2 is 1.76 bits per heavy atom. The summed E-state index contributed by atoms with van der Waals surface area (Å²) >= 11 is 0. The fourth-order valence-electron chi connectivity index (χ4n) is 2.07. The van der Waals surface area contributed by atoms with Crippen molar-refractivity contribution in [3.8, 4) is 11.5 Å². The first-order valence-corrected chi connectivity index (χ1v) is 7.98. The standard InChI is InChI=1S/C18H18F3NO3/c1-2-3-4-5-10-24-13-8-6-12(7-9-13)18(23)25-15-11-14(19)16(20)22-17(15)21/h6-9,11H,2-5,10H2,1H3. The maximum absolute atomic E-state index is 13.4. The van der Waals surface area contributed by atoms with E-state index in [9.17, 15) is 18.0 Å². The fourth-order valence-corrected chi connectivity index (χ4v) is 2.07. The van der Waals surface area contributed by atoms with Gasteiger partial charge in [-0.2, -0.15) is 13.8 Å². The van der Waals surface area contributed by atoms with E-state index >= 15 is 0 Å². The third kappa shape index (κ3) is 5.48. The van der Waals surface area contributed by atoms with Gasteiger partial charge in [-0.1, -0.05) is 26.2 Å². The Bertz CT molecular complexity index is 720. The van der Waals surface area contributed by atoms with Gasteiger partial charge in [-0.15, -0.1) is 0 Å². The van der Waals surface area contributed by atoms with Crippen LogP contribution in [0.15, 0.2) is 30.3 Å². The molecule has 0 radical (unpaired) electrons. The Labute approximate surface area is 143 Å². The van der Waals surface area contributed by atoms with Crippen molar-refractivity contribution in [3.63, 3.8) is 0 Å². The van der Waals surface area contributed by atoms with Gasteiger partial charge in [0.25, 0.3) is 11.9 Å². The molecule has 0 unspecified atom stereocenters. The molecule has 0 spiro atoms. The summed E-state index contributed by atoms with van der Waals surface area (Å²) in [6, 6.07) is 6.47. The molecule has 0 amide bonds. The van der Waals surface area contributed by atoms with Crippen LogP contribution in [0.5, 0.6) is 11.5 Å². The van der Waals surface area contributed by atoms with E-state index in [1.807, 2.05) is 0 Å². The maximum Gasteiger partial charge on any atom is 0.343 e. The predicted octanol–water partition coefficient (Wildman–Crippen LogP) is 4.68. The van der Waals surface area contributed by atoms with Crippen LogP contribution >= 0.6 is 0 Å². The molecule has 7 heteroatoms. The highest BCUT2D eigenvalue weighted by atomic mass is 19.2. The number of hydrogen-bond acceptors (Lipinski definition) is 4. The highest BCUT2D eigenvalue weighted by Gasteiger charge is 2.17. The van der Waals surface area contributed by atoms with Gasteiger partial charge in [0.05, 0.1) is 12.2 Å². The van der Waals surface area contributed by atoms with E-state index in [2.05, 4.69) is 11.9 Å². The summed E-state index contributed by atoms with van der Waals surface area (Å²) in [7, 11) is 0. The number of carbonyl (C=O) groups excluding carboxylic acids is 1. The molecule has 0 saturated carbocycles. The van der Waals surface area contributed by atoms with Gasteiger partial charge >= 0.3 is 5.97 Å². The van der Waals surface area contributed by atoms with Crippen LogP contribution in [0.3, 0.4) is 0 Å². The summed E-state index contributed by atoms with van der Waals surface area (Å²) in [6.45, 7) is 2.70. The first kappa shape index (κ1) is 18.8. The van der Waals surface area contributed by atoms with Gasteiger partial charge < -0.3 is 9.47 Å². The third-order valence-corrected chi connectivity index (χ3v) is 3.41. The van der Waals surface area contributed by atoms with Gasteiger partial charge in [0.15, 0.2) is 11.6 Å². The van der Waals surface area contributed by atoms with Crippen molar-refractivity contribution in [1.82, 2.24) is 4.98 Å². The Hall–Kier alpha value is -2.57. The van der Waals surface area contributed by atoms with Crippen LogP contribution in [0.1, 0.15) is 43.0 Å². The molecule has 1 aromatic carbocycles. The van der Waals surface area contributed by atoms with Crippen molar-refractivity contribution in [1.29, 1.82) is 0 Å². The average Bonchev–Trinajstić information content (AvgIpc) is 2.60. The zero-order valence-corrected chi connectivity index (χ0v) is 13.7. The number of aromatic nitrogens is 1. The van der Waals surface area contributed by atoms with Crippen molar-refractivity contribution in [2.75, 3.05) is 6.61 Å². The minimum absolute atomic E-state index is 0.113. The summed E-state index contributed by atoms with van der Waals surface area (Å²) in [5.41, 5.74) is 0.113. The highest BCUT2D eigenvalue weighted by Crippen LogP contribution is 2.20. The van der Waals surface area contributed by atoms with E-state index in [-0.39, 0.29) is 5.56 Å². The quantitative estimate of drug-likeness (QED) is 0.393. The van der Waals surface area contributed by atoms with E-state index < -0.39 is 29.4 Å². The number of esters is 1. The van der Waals surface area contributed by atoms with Gasteiger partial charge in [-0.05, 0) is 30.7 Å². The number of hydrogen-bond donors (Lipinski definition) is 0. The van der Waals surface area contributed by atoms with E-state index in [0.717, 1.165) is 25.7 Å². The molecule has 1 heterocycles. The lowest BCUT2D eigenvalue weighted by molar-refractivity contribution is 0.0724. The molecule has 0 aliphatic carbocycles. The van der Waals surface area contributed by atoms with Gasteiger partial charge in [-0.25, -0.2) is 9.18 Å². The molecule has 0 N–H and O–H groups in total. The Morgan fingerprint density at radius 1 is 1.04 bits per heavy atom. The molecular weight excluding hydrogens is 335 g/mol. The Kier molecular flexibility index (Phi) is 6.80. The monoisotopic (exact) mass is 353 g/mol.